The van der Waals surface area contributed by atoms with Crippen LogP contribution in [0.5, 0.6) is 11.5 Å². The van der Waals surface area contributed by atoms with E-state index in [1.807, 2.05) is 66.7 Å². The second kappa shape index (κ2) is 18.5. The molecule has 3 aromatic carbocycles. The number of allylic oxidation sites excluding steroid dienone is 2. The number of rotatable bonds is 15. The first-order valence-electron chi connectivity index (χ1n) is 18.9. The summed E-state index contributed by atoms with van der Waals surface area (Å²) >= 11 is 1.35. The number of benzene rings is 3. The number of unbranched alkanes of at least 4 members (excludes halogenated alkanes) is 3. The zero-order chi connectivity index (χ0) is 42.0. The summed E-state index contributed by atoms with van der Waals surface area (Å²) in [6, 6.07) is 35.4. The van der Waals surface area contributed by atoms with Gasteiger partial charge in [-0.15, -0.1) is 11.3 Å². The summed E-state index contributed by atoms with van der Waals surface area (Å²) in [4.78, 5) is 3.64. The van der Waals surface area contributed by atoms with Gasteiger partial charge in [0.25, 0.3) is 5.60 Å². The van der Waals surface area contributed by atoms with Crippen molar-refractivity contribution in [1.29, 1.82) is 15.8 Å². The zero-order valence-electron chi connectivity index (χ0n) is 32.7. The highest BCUT2D eigenvalue weighted by Crippen LogP contribution is 2.56. The number of methoxy groups -OCH3 is 2. The second-order valence-corrected chi connectivity index (χ2v) is 14.6. The number of thiophene rings is 1. The molecule has 3 heterocycles. The molecule has 0 saturated heterocycles. The van der Waals surface area contributed by atoms with Crippen LogP contribution in [-0.2, 0) is 16.9 Å². The number of aromatic nitrogens is 1. The first kappa shape index (κ1) is 41.7. The Morgan fingerprint density at radius 2 is 1.36 bits per heavy atom. The van der Waals surface area contributed by atoms with E-state index in [1.165, 1.54) is 47.8 Å². The topological polar surface area (TPSA) is 107 Å². The summed E-state index contributed by atoms with van der Waals surface area (Å²) in [5.41, 5.74) is -2.36. The molecule has 12 heteroatoms. The van der Waals surface area contributed by atoms with Gasteiger partial charge in [0.2, 0.25) is 0 Å². The van der Waals surface area contributed by atoms with Crippen molar-refractivity contribution in [3.63, 3.8) is 0 Å². The number of hydrogen-bond donors (Lipinski definition) is 0. The molecular formula is C47H40F3N5O3S. The Labute approximate surface area is 345 Å². The van der Waals surface area contributed by atoms with Crippen LogP contribution < -0.4 is 14.4 Å². The Bertz CT molecular complexity index is 2450. The van der Waals surface area contributed by atoms with Gasteiger partial charge in [-0.05, 0) is 97.4 Å². The van der Waals surface area contributed by atoms with Crippen LogP contribution in [0.2, 0.25) is 0 Å². The van der Waals surface area contributed by atoms with Gasteiger partial charge in [-0.3, -0.25) is 4.90 Å². The van der Waals surface area contributed by atoms with E-state index in [4.69, 9.17) is 14.2 Å². The molecular weight excluding hydrogens is 772 g/mol. The lowest BCUT2D eigenvalue weighted by Gasteiger charge is -2.33. The van der Waals surface area contributed by atoms with Crippen LogP contribution >= 0.6 is 11.3 Å². The number of alkyl halides is 3. The quantitative estimate of drug-likeness (QED) is 0.0765. The highest BCUT2D eigenvalue weighted by molar-refractivity contribution is 7.13. The van der Waals surface area contributed by atoms with Crippen molar-refractivity contribution in [1.82, 2.24) is 4.57 Å². The number of nitrogens with zero attached hydrogens (tertiary/aromatic N) is 5. The van der Waals surface area contributed by atoms with E-state index in [2.05, 4.69) is 28.5 Å². The van der Waals surface area contributed by atoms with Crippen LogP contribution in [0, 0.1) is 34.0 Å². The van der Waals surface area contributed by atoms with Crippen molar-refractivity contribution in [2.24, 2.45) is 0 Å². The molecule has 1 atom stereocenters. The number of hydrogen-bond acceptors (Lipinski definition) is 8. The summed E-state index contributed by atoms with van der Waals surface area (Å²) in [5.74, 6) is 1.75. The van der Waals surface area contributed by atoms with Gasteiger partial charge in [0.1, 0.15) is 41.1 Å². The first-order valence-corrected chi connectivity index (χ1v) is 19.7. The molecule has 6 rings (SSSR count). The molecule has 0 spiro atoms. The summed E-state index contributed by atoms with van der Waals surface area (Å²) in [6.07, 6.45) is 5.86. The minimum Gasteiger partial charge on any atom is -0.497 e. The molecule has 2 aromatic heterocycles. The fourth-order valence-electron chi connectivity index (χ4n) is 6.94. The fraction of sp³-hybridized carbons (Fsp3) is 0.213. The van der Waals surface area contributed by atoms with E-state index < -0.39 is 34.3 Å². The summed E-state index contributed by atoms with van der Waals surface area (Å²) < 4.78 is 64.4. The molecule has 0 radical (unpaired) electrons. The summed E-state index contributed by atoms with van der Waals surface area (Å²) in [6.45, 7) is 2.94. The molecule has 1 aliphatic heterocycles. The van der Waals surface area contributed by atoms with Gasteiger partial charge in [0.05, 0.1) is 14.2 Å². The van der Waals surface area contributed by atoms with Crippen LogP contribution in [0.4, 0.5) is 30.4 Å². The highest BCUT2D eigenvalue weighted by atomic mass is 32.1. The Balaban J connectivity index is 1.38. The van der Waals surface area contributed by atoms with Crippen molar-refractivity contribution >= 4 is 46.8 Å². The van der Waals surface area contributed by atoms with E-state index in [0.29, 0.717) is 4.88 Å². The van der Waals surface area contributed by atoms with Gasteiger partial charge >= 0.3 is 6.18 Å². The number of halogens is 3. The second-order valence-electron chi connectivity index (χ2n) is 13.4. The first-order chi connectivity index (χ1) is 28.6. The Kier molecular flexibility index (Phi) is 13.1. The van der Waals surface area contributed by atoms with Gasteiger partial charge in [-0.1, -0.05) is 62.6 Å². The Morgan fingerprint density at radius 1 is 0.763 bits per heavy atom. The van der Waals surface area contributed by atoms with E-state index in [-0.39, 0.29) is 5.56 Å². The largest absolute Gasteiger partial charge is 0.497 e. The Hall–Kier alpha value is -6.94. The van der Waals surface area contributed by atoms with Gasteiger partial charge in [-0.25, -0.2) is 0 Å². The van der Waals surface area contributed by atoms with Crippen molar-refractivity contribution in [2.75, 3.05) is 19.1 Å². The number of anilines is 3. The lowest BCUT2D eigenvalue weighted by atomic mass is 9.84. The van der Waals surface area contributed by atoms with Crippen LogP contribution in [-0.4, -0.2) is 25.0 Å². The lowest BCUT2D eigenvalue weighted by molar-refractivity contribution is -0.249. The molecule has 298 valence electrons. The highest BCUT2D eigenvalue weighted by Gasteiger charge is 2.65. The molecule has 0 bridgehead atoms. The third-order valence-corrected chi connectivity index (χ3v) is 10.9. The monoisotopic (exact) mass is 811 g/mol. The van der Waals surface area contributed by atoms with Gasteiger partial charge in [0, 0.05) is 44.5 Å². The molecule has 5 aromatic rings. The molecule has 0 saturated carbocycles. The van der Waals surface area contributed by atoms with E-state index >= 15 is 13.2 Å². The fourth-order valence-corrected chi connectivity index (χ4v) is 7.76. The molecule has 59 heavy (non-hydrogen) atoms. The average Bonchev–Trinajstić information content (AvgIpc) is 3.98. The molecule has 0 amide bonds. The van der Waals surface area contributed by atoms with E-state index in [1.54, 1.807) is 44.6 Å². The standard InChI is InChI=1S/C47H40F3N5O3S/c1-4-5-6-10-29-54-35(18-28-44(54)55(36-13-19-38(56-2)20-14-36)37-15-21-39(57-3)22-16-37)17-23-40-24-25-41(59-40)26-27-43-42(32-53)45(33(30-51)31-52)58-46(43,47(48,49)50)34-11-8-7-9-12-34/h7-9,11-28H,4-6,10,29H2,1-3H3/b23-17+,27-26+. The van der Waals surface area contributed by atoms with Crippen LogP contribution in [0.25, 0.3) is 18.2 Å². The van der Waals surface area contributed by atoms with E-state index in [0.717, 1.165) is 71.5 Å². The molecule has 1 unspecified atom stereocenters. The van der Waals surface area contributed by atoms with Gasteiger partial charge < -0.3 is 18.8 Å². The minimum absolute atomic E-state index is 0.297. The lowest BCUT2D eigenvalue weighted by Crippen LogP contribution is -2.43. The van der Waals surface area contributed by atoms with Gasteiger partial charge in [0.15, 0.2) is 11.3 Å². The Morgan fingerprint density at radius 3 is 1.88 bits per heavy atom. The molecule has 8 nitrogen and oxygen atoms in total. The van der Waals surface area contributed by atoms with Crippen molar-refractivity contribution in [3.05, 3.63) is 153 Å². The van der Waals surface area contributed by atoms with Crippen LogP contribution in [0.1, 0.15) is 53.6 Å². The third kappa shape index (κ3) is 8.67. The SMILES string of the molecule is CCCCCCn1c(/C=C/c2ccc(/C=C/C3=C(C#N)C(=C(C#N)C#N)OC3(c3ccccc3)C(F)(F)F)s2)ccc1N(c1ccc(OC)cc1)c1ccc(OC)cc1. The molecule has 0 fully saturated rings. The molecule has 1 aliphatic rings. The number of nitriles is 3. The summed E-state index contributed by atoms with van der Waals surface area (Å²) in [5, 5.41) is 29.2. The van der Waals surface area contributed by atoms with E-state index in [9.17, 15) is 15.8 Å². The van der Waals surface area contributed by atoms with Crippen LogP contribution in [0.15, 0.2) is 132 Å². The minimum atomic E-state index is -5.07. The maximum absolute atomic E-state index is 15.2. The molecule has 0 aliphatic carbocycles. The third-order valence-electron chi connectivity index (χ3n) is 9.87. The average molecular weight is 812 g/mol. The number of ether oxygens (including phenoxy) is 3. The van der Waals surface area contributed by atoms with Crippen molar-refractivity contribution in [2.45, 2.75) is 50.9 Å². The predicted octanol–water partition coefficient (Wildman–Crippen LogP) is 12.4. The summed E-state index contributed by atoms with van der Waals surface area (Å²) in [7, 11) is 3.27. The van der Waals surface area contributed by atoms with Crippen molar-refractivity contribution in [3.8, 4) is 29.7 Å². The van der Waals surface area contributed by atoms with Gasteiger partial charge in [-0.2, -0.15) is 29.0 Å². The normalized spacial score (nSPS) is 15.2. The van der Waals surface area contributed by atoms with Crippen LogP contribution in [0.3, 0.4) is 0 Å². The maximum atomic E-state index is 15.2. The van der Waals surface area contributed by atoms with Crippen molar-refractivity contribution < 1.29 is 27.4 Å². The zero-order valence-corrected chi connectivity index (χ0v) is 33.5. The maximum Gasteiger partial charge on any atom is 0.437 e. The smallest absolute Gasteiger partial charge is 0.437 e. The molecule has 0 N–H and O–H groups in total. The predicted molar refractivity (Wildman–Crippen MR) is 225 cm³/mol.